The van der Waals surface area contributed by atoms with Crippen molar-refractivity contribution in [3.05, 3.63) is 48.0 Å². The number of rotatable bonds is 4. The van der Waals surface area contributed by atoms with Gasteiger partial charge in [0.1, 0.15) is 0 Å². The van der Waals surface area contributed by atoms with Gasteiger partial charge in [0.25, 0.3) is 0 Å². The first-order valence-electron chi connectivity index (χ1n) is 6.77. The summed E-state index contributed by atoms with van der Waals surface area (Å²) in [5.74, 6) is 0. The van der Waals surface area contributed by atoms with Gasteiger partial charge in [0.15, 0.2) is 9.84 Å². The highest BCUT2D eigenvalue weighted by Crippen LogP contribution is 2.33. The van der Waals surface area contributed by atoms with E-state index in [0.29, 0.717) is 5.69 Å². The lowest BCUT2D eigenvalue weighted by Crippen LogP contribution is -2.18. The maximum atomic E-state index is 11.6. The average Bonchev–Trinajstić information content (AvgIpc) is 2.42. The molecule has 2 aromatic rings. The monoisotopic (exact) mass is 304 g/mol. The number of hydrogen-bond acceptors (Lipinski definition) is 4. The van der Waals surface area contributed by atoms with Gasteiger partial charge in [-0.05, 0) is 43.7 Å². The molecule has 0 saturated heterocycles. The summed E-state index contributed by atoms with van der Waals surface area (Å²) in [6.07, 6.45) is 1.18. The Bertz CT molecular complexity index is 755. The maximum Gasteiger partial charge on any atom is 0.175 e. The van der Waals surface area contributed by atoms with Crippen LogP contribution < -0.4 is 10.6 Å². The van der Waals surface area contributed by atoms with Crippen LogP contribution in [-0.2, 0) is 9.84 Å². The quantitative estimate of drug-likeness (QED) is 0.881. The highest BCUT2D eigenvalue weighted by Gasteiger charge is 2.15. The second-order valence-corrected chi connectivity index (χ2v) is 7.04. The van der Waals surface area contributed by atoms with Crippen molar-refractivity contribution in [1.82, 2.24) is 0 Å². The molecule has 0 aliphatic carbocycles. The van der Waals surface area contributed by atoms with Crippen LogP contribution in [0.15, 0.2) is 47.4 Å². The summed E-state index contributed by atoms with van der Waals surface area (Å²) >= 11 is 0. The minimum atomic E-state index is -3.25. The van der Waals surface area contributed by atoms with E-state index in [1.807, 2.05) is 38.1 Å². The van der Waals surface area contributed by atoms with Crippen LogP contribution >= 0.6 is 0 Å². The molecule has 4 nitrogen and oxygen atoms in total. The fourth-order valence-corrected chi connectivity index (χ4v) is 3.00. The second kappa shape index (κ2) is 5.77. The van der Waals surface area contributed by atoms with Crippen molar-refractivity contribution >= 4 is 26.9 Å². The Balaban J connectivity index is 2.52. The van der Waals surface area contributed by atoms with Gasteiger partial charge in [-0.25, -0.2) is 8.42 Å². The Morgan fingerprint density at radius 3 is 2.29 bits per heavy atom. The van der Waals surface area contributed by atoms with Gasteiger partial charge >= 0.3 is 0 Å². The smallest absolute Gasteiger partial charge is 0.175 e. The fraction of sp³-hybridized carbons (Fsp3) is 0.250. The van der Waals surface area contributed by atoms with Crippen LogP contribution in [0.25, 0.3) is 0 Å². The Kier molecular flexibility index (Phi) is 4.23. The predicted molar refractivity (Wildman–Crippen MR) is 87.8 cm³/mol. The van der Waals surface area contributed by atoms with Crippen molar-refractivity contribution in [3.63, 3.8) is 0 Å². The van der Waals surface area contributed by atoms with Gasteiger partial charge in [0.2, 0.25) is 0 Å². The fourth-order valence-electron chi connectivity index (χ4n) is 2.35. The van der Waals surface area contributed by atoms with Crippen LogP contribution in [0, 0.1) is 6.92 Å². The molecule has 0 aliphatic rings. The van der Waals surface area contributed by atoms with Crippen LogP contribution in [0.3, 0.4) is 0 Å². The Morgan fingerprint density at radius 1 is 1.10 bits per heavy atom. The summed E-state index contributed by atoms with van der Waals surface area (Å²) in [5.41, 5.74) is 9.57. The topological polar surface area (TPSA) is 63.4 Å². The maximum absolute atomic E-state index is 11.6. The third-order valence-electron chi connectivity index (χ3n) is 3.44. The molecular weight excluding hydrogens is 284 g/mol. The van der Waals surface area contributed by atoms with Crippen molar-refractivity contribution < 1.29 is 8.42 Å². The highest BCUT2D eigenvalue weighted by atomic mass is 32.2. The SMILES string of the molecule is CCN(c1ccccc1C)c1ccc(S(C)(=O)=O)cc1N. The number of para-hydroxylation sites is 1. The number of nitrogens with two attached hydrogens (primary N) is 1. The number of nitrogens with zero attached hydrogens (tertiary/aromatic N) is 1. The number of hydrogen-bond donors (Lipinski definition) is 1. The summed E-state index contributed by atoms with van der Waals surface area (Å²) in [6.45, 7) is 4.82. The van der Waals surface area contributed by atoms with E-state index in [-0.39, 0.29) is 4.90 Å². The van der Waals surface area contributed by atoms with E-state index in [1.165, 1.54) is 12.3 Å². The minimum absolute atomic E-state index is 0.240. The molecule has 21 heavy (non-hydrogen) atoms. The van der Waals surface area contributed by atoms with Crippen molar-refractivity contribution in [2.75, 3.05) is 23.4 Å². The number of sulfone groups is 1. The molecule has 0 bridgehead atoms. The molecule has 0 amide bonds. The van der Waals surface area contributed by atoms with Crippen molar-refractivity contribution in [2.45, 2.75) is 18.7 Å². The van der Waals surface area contributed by atoms with Gasteiger partial charge in [-0.2, -0.15) is 0 Å². The van der Waals surface area contributed by atoms with Gasteiger partial charge in [-0.15, -0.1) is 0 Å². The Labute approximate surface area is 126 Å². The lowest BCUT2D eigenvalue weighted by Gasteiger charge is -2.26. The summed E-state index contributed by atoms with van der Waals surface area (Å²) in [4.78, 5) is 2.32. The Morgan fingerprint density at radius 2 is 1.76 bits per heavy atom. The van der Waals surface area contributed by atoms with E-state index in [2.05, 4.69) is 4.90 Å². The van der Waals surface area contributed by atoms with Crippen LogP contribution in [-0.4, -0.2) is 21.2 Å². The number of anilines is 3. The van der Waals surface area contributed by atoms with Crippen LogP contribution in [0.4, 0.5) is 17.1 Å². The molecule has 0 spiro atoms. The number of aryl methyl sites for hydroxylation is 1. The van der Waals surface area contributed by atoms with Gasteiger partial charge in [-0.1, -0.05) is 18.2 Å². The first kappa shape index (κ1) is 15.4. The van der Waals surface area contributed by atoms with Crippen molar-refractivity contribution in [2.24, 2.45) is 0 Å². The van der Waals surface area contributed by atoms with Crippen LogP contribution in [0.2, 0.25) is 0 Å². The van der Waals surface area contributed by atoms with Crippen molar-refractivity contribution in [1.29, 1.82) is 0 Å². The van der Waals surface area contributed by atoms with Gasteiger partial charge in [-0.3, -0.25) is 0 Å². The average molecular weight is 304 g/mol. The molecule has 0 fully saturated rings. The first-order chi connectivity index (χ1) is 9.84. The highest BCUT2D eigenvalue weighted by molar-refractivity contribution is 7.90. The van der Waals surface area contributed by atoms with Gasteiger partial charge in [0.05, 0.1) is 16.3 Å². The molecule has 0 aromatic heterocycles. The largest absolute Gasteiger partial charge is 0.397 e. The first-order valence-corrected chi connectivity index (χ1v) is 8.66. The normalized spacial score (nSPS) is 11.4. The number of nitrogen functional groups attached to an aromatic ring is 1. The van der Waals surface area contributed by atoms with Crippen LogP contribution in [0.5, 0.6) is 0 Å². The summed E-state index contributed by atoms with van der Waals surface area (Å²) in [5, 5.41) is 0. The van der Waals surface area contributed by atoms with Crippen molar-refractivity contribution in [3.8, 4) is 0 Å². The van der Waals surface area contributed by atoms with E-state index in [9.17, 15) is 8.42 Å². The summed E-state index contributed by atoms with van der Waals surface area (Å²) in [6, 6.07) is 12.9. The molecule has 112 valence electrons. The Hall–Kier alpha value is -2.01. The van der Waals surface area contributed by atoms with Crippen LogP contribution in [0.1, 0.15) is 12.5 Å². The lowest BCUT2D eigenvalue weighted by molar-refractivity contribution is 0.602. The zero-order valence-corrected chi connectivity index (χ0v) is 13.3. The molecular formula is C16H20N2O2S. The van der Waals surface area contributed by atoms with E-state index in [1.54, 1.807) is 12.1 Å². The molecule has 0 heterocycles. The molecule has 0 aliphatic heterocycles. The molecule has 2 N–H and O–H groups in total. The van der Waals surface area contributed by atoms with E-state index in [4.69, 9.17) is 5.73 Å². The predicted octanol–water partition coefficient (Wildman–Crippen LogP) is 3.14. The summed E-state index contributed by atoms with van der Waals surface area (Å²) < 4.78 is 23.2. The van der Waals surface area contributed by atoms with E-state index in [0.717, 1.165) is 23.5 Å². The molecule has 0 unspecified atom stereocenters. The third kappa shape index (κ3) is 3.19. The van der Waals surface area contributed by atoms with Gasteiger partial charge in [0, 0.05) is 18.5 Å². The summed E-state index contributed by atoms with van der Waals surface area (Å²) in [7, 11) is -3.25. The lowest BCUT2D eigenvalue weighted by atomic mass is 10.1. The molecule has 0 saturated carbocycles. The van der Waals surface area contributed by atoms with Gasteiger partial charge < -0.3 is 10.6 Å². The molecule has 5 heteroatoms. The van der Waals surface area contributed by atoms with E-state index < -0.39 is 9.84 Å². The third-order valence-corrected chi connectivity index (χ3v) is 4.55. The number of benzene rings is 2. The standard InChI is InChI=1S/C16H20N2O2S/c1-4-18(15-8-6-5-7-12(15)2)16-10-9-13(11-14(16)17)21(3,19)20/h5-11H,4,17H2,1-3H3. The zero-order chi connectivity index (χ0) is 15.6. The zero-order valence-electron chi connectivity index (χ0n) is 12.5. The molecule has 2 rings (SSSR count). The molecule has 2 aromatic carbocycles. The molecule has 0 radical (unpaired) electrons. The molecule has 0 atom stereocenters. The second-order valence-electron chi connectivity index (χ2n) is 5.02. The van der Waals surface area contributed by atoms with E-state index >= 15 is 0 Å². The minimum Gasteiger partial charge on any atom is -0.397 e.